The molecule has 1 N–H and O–H groups in total. The number of alkyl carbamates (subject to hydrolysis) is 1. The van der Waals surface area contributed by atoms with Crippen LogP contribution in [-0.2, 0) is 4.74 Å². The Balaban J connectivity index is 1.96. The Hall–Kier alpha value is -2.43. The van der Waals surface area contributed by atoms with E-state index in [1.165, 1.54) is 0 Å². The highest BCUT2D eigenvalue weighted by atomic mass is 16.6. The van der Waals surface area contributed by atoms with Gasteiger partial charge in [0.25, 0.3) is 0 Å². The van der Waals surface area contributed by atoms with Crippen molar-refractivity contribution in [3.63, 3.8) is 0 Å². The number of carbonyl (C=O) groups is 1. The zero-order chi connectivity index (χ0) is 12.4. The molecule has 3 rings (SSSR count). The predicted molar refractivity (Wildman–Crippen MR) is 63.6 cm³/mol. The Bertz CT molecular complexity index is 495. The molecule has 1 aromatic carbocycles. The molecule has 5 heteroatoms. The number of ether oxygens (including phenoxy) is 1. The van der Waals surface area contributed by atoms with E-state index < -0.39 is 12.2 Å². The number of hydrogen-bond acceptors (Lipinski definition) is 4. The Morgan fingerprint density at radius 3 is 2.67 bits per heavy atom. The van der Waals surface area contributed by atoms with Crippen LogP contribution in [0.2, 0.25) is 0 Å². The second-order valence-electron chi connectivity index (χ2n) is 4.01. The Kier molecular flexibility index (Phi) is 2.64. The van der Waals surface area contributed by atoms with Crippen LogP contribution < -0.4 is 5.32 Å². The van der Waals surface area contributed by atoms with Gasteiger partial charge in [-0.2, -0.15) is 10.2 Å². The van der Waals surface area contributed by atoms with Gasteiger partial charge >= 0.3 is 6.09 Å². The lowest BCUT2D eigenvalue weighted by Crippen LogP contribution is -2.19. The number of hydrogen-bond donors (Lipinski definition) is 1. The topological polar surface area (TPSA) is 64.1 Å². The Morgan fingerprint density at radius 1 is 1.11 bits per heavy atom. The summed E-state index contributed by atoms with van der Waals surface area (Å²) >= 11 is 0. The molecule has 0 saturated carbocycles. The number of cyclic esters (lactones) is 1. The zero-order valence-corrected chi connectivity index (χ0v) is 9.48. The highest BCUT2D eigenvalue weighted by Crippen LogP contribution is 2.35. The first-order valence-corrected chi connectivity index (χ1v) is 5.64. The van der Waals surface area contributed by atoms with Crippen LogP contribution in [0.15, 0.2) is 48.7 Å². The van der Waals surface area contributed by atoms with Gasteiger partial charge in [0.15, 0.2) is 6.10 Å². The summed E-state index contributed by atoms with van der Waals surface area (Å²) in [7, 11) is 0. The summed E-state index contributed by atoms with van der Waals surface area (Å²) in [5, 5.41) is 10.6. The summed E-state index contributed by atoms with van der Waals surface area (Å²) in [4.78, 5) is 11.4. The van der Waals surface area contributed by atoms with Crippen molar-refractivity contribution in [2.45, 2.75) is 12.1 Å². The summed E-state index contributed by atoms with van der Waals surface area (Å²) < 4.78 is 5.26. The van der Waals surface area contributed by atoms with E-state index in [0.29, 0.717) is 5.69 Å². The second-order valence-corrected chi connectivity index (χ2v) is 4.01. The van der Waals surface area contributed by atoms with Crippen LogP contribution in [0.3, 0.4) is 0 Å². The molecule has 1 saturated heterocycles. The summed E-state index contributed by atoms with van der Waals surface area (Å²) in [6.45, 7) is 0. The maximum absolute atomic E-state index is 11.4. The molecule has 2 heterocycles. The van der Waals surface area contributed by atoms with Crippen molar-refractivity contribution in [3.05, 3.63) is 59.9 Å². The van der Waals surface area contributed by atoms with Crippen LogP contribution >= 0.6 is 0 Å². The monoisotopic (exact) mass is 241 g/mol. The molecule has 0 aliphatic carbocycles. The maximum Gasteiger partial charge on any atom is 0.408 e. The van der Waals surface area contributed by atoms with Gasteiger partial charge in [0.05, 0.1) is 0 Å². The highest BCUT2D eigenvalue weighted by molar-refractivity contribution is 5.71. The van der Waals surface area contributed by atoms with Gasteiger partial charge < -0.3 is 10.1 Å². The number of nitrogens with zero attached hydrogens (tertiary/aromatic N) is 2. The molecule has 1 aromatic heterocycles. The molecule has 0 radical (unpaired) electrons. The van der Waals surface area contributed by atoms with E-state index >= 15 is 0 Å². The summed E-state index contributed by atoms with van der Waals surface area (Å²) in [5.41, 5.74) is 1.63. The van der Waals surface area contributed by atoms with Gasteiger partial charge in [-0.25, -0.2) is 4.79 Å². The molecule has 2 atom stereocenters. The summed E-state index contributed by atoms with van der Waals surface area (Å²) in [6, 6.07) is 13.0. The van der Waals surface area contributed by atoms with Crippen LogP contribution in [0.1, 0.15) is 23.4 Å². The summed E-state index contributed by atoms with van der Waals surface area (Å²) in [6.07, 6.45) is 0.721. The van der Waals surface area contributed by atoms with Gasteiger partial charge in [-0.05, 0) is 17.7 Å². The number of nitrogens with one attached hydrogen (secondary N) is 1. The third-order valence-corrected chi connectivity index (χ3v) is 2.85. The molecule has 1 aliphatic heterocycles. The van der Waals surface area contributed by atoms with Gasteiger partial charge in [0, 0.05) is 6.20 Å². The lowest BCUT2D eigenvalue weighted by atomic mass is 10.00. The van der Waals surface area contributed by atoms with Crippen molar-refractivity contribution in [2.24, 2.45) is 0 Å². The van der Waals surface area contributed by atoms with Gasteiger partial charge in [0.2, 0.25) is 0 Å². The van der Waals surface area contributed by atoms with E-state index in [-0.39, 0.29) is 6.04 Å². The van der Waals surface area contributed by atoms with Crippen molar-refractivity contribution < 1.29 is 9.53 Å². The SMILES string of the molecule is O=C1N[C@H](c2ccccc2)[C@@H](c2cccnn2)O1. The van der Waals surface area contributed by atoms with Crippen LogP contribution in [0.5, 0.6) is 0 Å². The number of benzene rings is 1. The van der Waals surface area contributed by atoms with Gasteiger partial charge in [-0.3, -0.25) is 0 Å². The first kappa shape index (κ1) is 10.7. The van der Waals surface area contributed by atoms with Gasteiger partial charge in [-0.1, -0.05) is 30.3 Å². The minimum absolute atomic E-state index is 0.226. The van der Waals surface area contributed by atoms with E-state index in [1.54, 1.807) is 18.3 Å². The van der Waals surface area contributed by atoms with Crippen LogP contribution in [0.25, 0.3) is 0 Å². The quantitative estimate of drug-likeness (QED) is 0.873. The van der Waals surface area contributed by atoms with Gasteiger partial charge in [-0.15, -0.1) is 0 Å². The molecule has 0 spiro atoms. The normalized spacial score (nSPS) is 22.3. The van der Waals surface area contributed by atoms with Gasteiger partial charge in [0.1, 0.15) is 11.7 Å². The van der Waals surface area contributed by atoms with E-state index in [9.17, 15) is 4.79 Å². The minimum Gasteiger partial charge on any atom is -0.437 e. The van der Waals surface area contributed by atoms with E-state index in [4.69, 9.17) is 4.74 Å². The van der Waals surface area contributed by atoms with Crippen LogP contribution in [-0.4, -0.2) is 16.3 Å². The fraction of sp³-hybridized carbons (Fsp3) is 0.154. The number of carbonyl (C=O) groups excluding carboxylic acids is 1. The molecule has 18 heavy (non-hydrogen) atoms. The molecule has 0 unspecified atom stereocenters. The van der Waals surface area contributed by atoms with E-state index in [1.807, 2.05) is 30.3 Å². The average molecular weight is 241 g/mol. The standard InChI is InChI=1S/C13H11N3O2/c17-13-15-11(9-5-2-1-3-6-9)12(18-13)10-7-4-8-14-16-10/h1-8,11-12H,(H,15,17)/t11-,12-/m1/s1. The third kappa shape index (κ3) is 1.90. The number of rotatable bonds is 2. The molecule has 2 aromatic rings. The zero-order valence-electron chi connectivity index (χ0n) is 9.48. The molecule has 1 amide bonds. The molecule has 0 bridgehead atoms. The van der Waals surface area contributed by atoms with Crippen molar-refractivity contribution >= 4 is 6.09 Å². The smallest absolute Gasteiger partial charge is 0.408 e. The molecule has 5 nitrogen and oxygen atoms in total. The molecular weight excluding hydrogens is 230 g/mol. The second kappa shape index (κ2) is 4.44. The highest BCUT2D eigenvalue weighted by Gasteiger charge is 2.37. The van der Waals surface area contributed by atoms with Crippen molar-refractivity contribution in [2.75, 3.05) is 0 Å². The molecular formula is C13H11N3O2. The van der Waals surface area contributed by atoms with E-state index in [2.05, 4.69) is 15.5 Å². The predicted octanol–water partition coefficient (Wildman–Crippen LogP) is 2.00. The Labute approximate surface area is 104 Å². The lowest BCUT2D eigenvalue weighted by Gasteiger charge is -2.15. The van der Waals surface area contributed by atoms with Crippen LogP contribution in [0, 0.1) is 0 Å². The number of amides is 1. The first-order valence-electron chi connectivity index (χ1n) is 5.64. The lowest BCUT2D eigenvalue weighted by molar-refractivity contribution is 0.129. The average Bonchev–Trinajstić information content (AvgIpc) is 2.83. The first-order chi connectivity index (χ1) is 8.84. The molecule has 1 aliphatic rings. The maximum atomic E-state index is 11.4. The largest absolute Gasteiger partial charge is 0.437 e. The van der Waals surface area contributed by atoms with E-state index in [0.717, 1.165) is 5.56 Å². The van der Waals surface area contributed by atoms with Crippen LogP contribution in [0.4, 0.5) is 4.79 Å². The fourth-order valence-electron chi connectivity index (χ4n) is 2.03. The third-order valence-electron chi connectivity index (χ3n) is 2.85. The molecule has 1 fully saturated rings. The number of aromatic nitrogens is 2. The molecule has 90 valence electrons. The van der Waals surface area contributed by atoms with Crippen molar-refractivity contribution in [1.82, 2.24) is 15.5 Å². The Morgan fingerprint density at radius 2 is 1.94 bits per heavy atom. The summed E-state index contributed by atoms with van der Waals surface area (Å²) in [5.74, 6) is 0. The van der Waals surface area contributed by atoms with Crippen molar-refractivity contribution in [1.29, 1.82) is 0 Å². The van der Waals surface area contributed by atoms with Crippen molar-refractivity contribution in [3.8, 4) is 0 Å². The minimum atomic E-state index is -0.436. The fourth-order valence-corrected chi connectivity index (χ4v) is 2.03.